The van der Waals surface area contributed by atoms with E-state index < -0.39 is 12.3 Å². The summed E-state index contributed by atoms with van der Waals surface area (Å²) in [6.45, 7) is 0. The molecule has 2 aromatic rings. The minimum absolute atomic E-state index is 0.0448. The molecule has 1 aliphatic heterocycles. The van der Waals surface area contributed by atoms with Gasteiger partial charge in [-0.3, -0.25) is 4.79 Å². The van der Waals surface area contributed by atoms with E-state index in [-0.39, 0.29) is 24.1 Å². The number of carbonyl (C=O) groups is 1. The van der Waals surface area contributed by atoms with Gasteiger partial charge in [0, 0.05) is 32.5 Å². The monoisotopic (exact) mass is 483 g/mol. The van der Waals surface area contributed by atoms with Gasteiger partial charge in [0.25, 0.3) is 5.91 Å². The summed E-state index contributed by atoms with van der Waals surface area (Å²) in [5, 5.41) is 34.7. The van der Waals surface area contributed by atoms with Gasteiger partial charge in [0.05, 0.1) is 30.1 Å². The van der Waals surface area contributed by atoms with Crippen molar-refractivity contribution in [3.05, 3.63) is 41.9 Å². The van der Waals surface area contributed by atoms with Gasteiger partial charge in [-0.2, -0.15) is 9.61 Å². The standard InChI is InChI=1S/C24H33N7O4/c1-25-21-12-20(28-17-7-4-10-30(24(17)34)18-8-9-19(18)32)29-22-16(13-26-31(21)22)23(33)27-14-5-3-6-15(11-14)35-2/h4,7,10,12-15,18-19,24-25,32,34H,3,5-6,8-9,11H2,1-2H3,(H,27,33)(H,28,29)/t14-,15-,18+,19+,24?/m1/s1. The fourth-order valence-electron chi connectivity index (χ4n) is 5.05. The van der Waals surface area contributed by atoms with E-state index in [1.807, 2.05) is 6.08 Å². The van der Waals surface area contributed by atoms with Crippen LogP contribution in [0.4, 0.5) is 11.6 Å². The summed E-state index contributed by atoms with van der Waals surface area (Å²) < 4.78 is 7.07. The molecule has 1 unspecified atom stereocenters. The second-order valence-electron chi connectivity index (χ2n) is 9.39. The molecule has 11 nitrogen and oxygen atoms in total. The van der Waals surface area contributed by atoms with Crippen LogP contribution in [0.3, 0.4) is 0 Å². The Morgan fingerprint density at radius 2 is 2.09 bits per heavy atom. The molecule has 3 heterocycles. The van der Waals surface area contributed by atoms with Gasteiger partial charge in [0.2, 0.25) is 0 Å². The van der Waals surface area contributed by atoms with E-state index in [9.17, 15) is 15.0 Å². The zero-order chi connectivity index (χ0) is 24.5. The molecular formula is C24H33N7O4. The molecule has 0 saturated heterocycles. The van der Waals surface area contributed by atoms with Crippen molar-refractivity contribution >= 4 is 23.2 Å². The Kier molecular flexibility index (Phi) is 6.63. The number of methoxy groups -OCH3 is 1. The van der Waals surface area contributed by atoms with E-state index in [2.05, 4.69) is 26.0 Å². The summed E-state index contributed by atoms with van der Waals surface area (Å²) in [4.78, 5) is 19.6. The normalized spacial score (nSPS) is 28.4. The molecule has 0 radical (unpaired) electrons. The molecule has 188 valence electrons. The lowest BCUT2D eigenvalue weighted by Crippen LogP contribution is -2.53. The lowest BCUT2D eigenvalue weighted by molar-refractivity contribution is -0.0597. The summed E-state index contributed by atoms with van der Waals surface area (Å²) in [5.41, 5.74) is 1.31. The van der Waals surface area contributed by atoms with Crippen molar-refractivity contribution in [1.82, 2.24) is 24.8 Å². The number of anilines is 2. The van der Waals surface area contributed by atoms with Crippen LogP contribution in [0.1, 0.15) is 48.9 Å². The molecule has 35 heavy (non-hydrogen) atoms. The number of fused-ring (bicyclic) bond motifs is 1. The van der Waals surface area contributed by atoms with Crippen molar-refractivity contribution in [2.24, 2.45) is 0 Å². The summed E-state index contributed by atoms with van der Waals surface area (Å²) in [7, 11) is 3.48. The lowest BCUT2D eigenvalue weighted by atomic mass is 9.87. The largest absolute Gasteiger partial charge is 0.391 e. The molecule has 1 amide bonds. The number of rotatable bonds is 7. The molecule has 2 fully saturated rings. The highest BCUT2D eigenvalue weighted by atomic mass is 16.5. The smallest absolute Gasteiger partial charge is 0.256 e. The highest BCUT2D eigenvalue weighted by Crippen LogP contribution is 2.31. The predicted octanol–water partition coefficient (Wildman–Crippen LogP) is 1.43. The van der Waals surface area contributed by atoms with E-state index >= 15 is 0 Å². The predicted molar refractivity (Wildman–Crippen MR) is 131 cm³/mol. The van der Waals surface area contributed by atoms with Crippen molar-refractivity contribution in [1.29, 1.82) is 0 Å². The maximum Gasteiger partial charge on any atom is 0.256 e. The van der Waals surface area contributed by atoms with Gasteiger partial charge in [-0.25, -0.2) is 4.98 Å². The number of aromatic nitrogens is 3. The number of nitrogens with zero attached hydrogens (tertiary/aromatic N) is 4. The fraction of sp³-hybridized carbons (Fsp3) is 0.542. The number of hydrogen-bond donors (Lipinski definition) is 5. The second-order valence-corrected chi connectivity index (χ2v) is 9.39. The molecule has 0 spiro atoms. The molecule has 3 aliphatic rings. The molecule has 2 saturated carbocycles. The summed E-state index contributed by atoms with van der Waals surface area (Å²) in [6.07, 6.45) is 11.0. The average molecular weight is 484 g/mol. The van der Waals surface area contributed by atoms with E-state index in [4.69, 9.17) is 4.74 Å². The Balaban J connectivity index is 1.37. The van der Waals surface area contributed by atoms with Crippen LogP contribution in [0.2, 0.25) is 0 Å². The minimum Gasteiger partial charge on any atom is -0.391 e. The first-order valence-corrected chi connectivity index (χ1v) is 12.2. The van der Waals surface area contributed by atoms with Crippen LogP contribution < -0.4 is 16.0 Å². The number of amides is 1. The first kappa shape index (κ1) is 23.6. The molecule has 11 heteroatoms. The Bertz CT molecular complexity index is 1150. The van der Waals surface area contributed by atoms with E-state index in [0.29, 0.717) is 28.5 Å². The summed E-state index contributed by atoms with van der Waals surface area (Å²) in [5.74, 6) is 0.878. The van der Waals surface area contributed by atoms with Gasteiger partial charge < -0.3 is 35.8 Å². The van der Waals surface area contributed by atoms with Gasteiger partial charge in [-0.1, -0.05) is 0 Å². The van der Waals surface area contributed by atoms with Crippen LogP contribution in [0, 0.1) is 0 Å². The highest BCUT2D eigenvalue weighted by Gasteiger charge is 2.37. The number of allylic oxidation sites excluding steroid dienone is 2. The maximum atomic E-state index is 13.1. The molecule has 5 atom stereocenters. The molecule has 5 N–H and O–H groups in total. The zero-order valence-electron chi connectivity index (χ0n) is 20.0. The van der Waals surface area contributed by atoms with Crippen molar-refractivity contribution in [2.75, 3.05) is 24.8 Å². The number of aliphatic hydroxyl groups excluding tert-OH is 2. The van der Waals surface area contributed by atoms with E-state index in [0.717, 1.165) is 38.5 Å². The minimum atomic E-state index is -0.941. The van der Waals surface area contributed by atoms with Crippen molar-refractivity contribution in [3.8, 4) is 0 Å². The number of ether oxygens (including phenoxy) is 1. The molecule has 0 aromatic carbocycles. The second kappa shape index (κ2) is 9.84. The third kappa shape index (κ3) is 4.58. The summed E-state index contributed by atoms with van der Waals surface area (Å²) >= 11 is 0. The maximum absolute atomic E-state index is 13.1. The van der Waals surface area contributed by atoms with Crippen LogP contribution >= 0.6 is 0 Å². The first-order valence-electron chi connectivity index (χ1n) is 12.2. The number of aliphatic hydroxyl groups is 2. The van der Waals surface area contributed by atoms with Crippen LogP contribution in [-0.4, -0.2) is 80.3 Å². The molecular weight excluding hydrogens is 450 g/mol. The fourth-order valence-corrected chi connectivity index (χ4v) is 5.05. The molecule has 0 bridgehead atoms. The van der Waals surface area contributed by atoms with Gasteiger partial charge in [-0.15, -0.1) is 0 Å². The number of carbonyl (C=O) groups excluding carboxylic acids is 1. The van der Waals surface area contributed by atoms with E-state index in [1.54, 1.807) is 41.9 Å². The van der Waals surface area contributed by atoms with Crippen LogP contribution in [-0.2, 0) is 4.74 Å². The molecule has 2 aromatic heterocycles. The van der Waals surface area contributed by atoms with E-state index in [1.165, 1.54) is 6.20 Å². The molecule has 5 rings (SSSR count). The van der Waals surface area contributed by atoms with Crippen LogP contribution in [0.15, 0.2) is 36.3 Å². The van der Waals surface area contributed by atoms with Crippen LogP contribution in [0.25, 0.3) is 5.65 Å². The quantitative estimate of drug-likeness (QED) is 0.396. The number of hydrogen-bond acceptors (Lipinski definition) is 9. The van der Waals surface area contributed by atoms with Gasteiger partial charge in [-0.05, 0) is 50.7 Å². The topological polar surface area (TPSA) is 136 Å². The Hall–Kier alpha value is -3.15. The highest BCUT2D eigenvalue weighted by molar-refractivity contribution is 6.00. The van der Waals surface area contributed by atoms with Crippen LogP contribution in [0.5, 0.6) is 0 Å². The Morgan fingerprint density at radius 1 is 1.23 bits per heavy atom. The van der Waals surface area contributed by atoms with Crippen molar-refractivity contribution < 1.29 is 19.7 Å². The van der Waals surface area contributed by atoms with Gasteiger partial charge in [0.15, 0.2) is 11.9 Å². The number of nitrogens with one attached hydrogen (secondary N) is 3. The SMILES string of the molecule is CNc1cc(NC2=CC=CN([C@H]3CC[C@@H]3O)C2O)nc2c(C(=O)N[C@@H]3CCC[C@@H](OC)C3)cnn12. The van der Waals surface area contributed by atoms with Gasteiger partial charge >= 0.3 is 0 Å². The Morgan fingerprint density at radius 3 is 2.80 bits per heavy atom. The van der Waals surface area contributed by atoms with Crippen molar-refractivity contribution in [3.63, 3.8) is 0 Å². The third-order valence-corrected chi connectivity index (χ3v) is 7.22. The van der Waals surface area contributed by atoms with Crippen molar-refractivity contribution in [2.45, 2.75) is 69.0 Å². The first-order chi connectivity index (χ1) is 17.0. The summed E-state index contributed by atoms with van der Waals surface area (Å²) in [6, 6.07) is 1.70. The molecule has 2 aliphatic carbocycles. The van der Waals surface area contributed by atoms with Gasteiger partial charge in [0.1, 0.15) is 17.2 Å². The lowest BCUT2D eigenvalue weighted by Gasteiger charge is -2.44. The zero-order valence-corrected chi connectivity index (χ0v) is 20.0. The Labute approximate surface area is 203 Å². The average Bonchev–Trinajstić information content (AvgIpc) is 3.29. The third-order valence-electron chi connectivity index (χ3n) is 7.22.